The number of nitrogens with zero attached hydrogens (tertiary/aromatic N) is 3. The molecule has 1 aromatic carbocycles. The van der Waals surface area contributed by atoms with Crippen molar-refractivity contribution >= 4 is 39.7 Å². The molecule has 3 aromatic rings. The molecule has 0 aliphatic rings. The number of carbonyl (C=O) groups excluding carboxylic acids is 1. The van der Waals surface area contributed by atoms with Gasteiger partial charge in [0, 0.05) is 42.1 Å². The Bertz CT molecular complexity index is 843. The second-order valence-electron chi connectivity index (χ2n) is 5.28. The Morgan fingerprint density at radius 2 is 2.04 bits per heavy atom. The largest absolute Gasteiger partial charge is 0.372 e. The summed E-state index contributed by atoms with van der Waals surface area (Å²) in [6.07, 6.45) is 7.00. The molecule has 2 aromatic heterocycles. The number of hydrogen-bond acceptors (Lipinski definition) is 4. The Labute approximate surface area is 145 Å². The molecular weight excluding hydrogens is 320 g/mol. The zero-order chi connectivity index (χ0) is 16.9. The van der Waals surface area contributed by atoms with Crippen LogP contribution in [0.5, 0.6) is 0 Å². The molecule has 1 N–H and O–H groups in total. The third-order valence-corrected chi connectivity index (χ3v) is 4.61. The number of thiazole rings is 1. The number of carbonyl (C=O) groups is 1. The predicted molar refractivity (Wildman–Crippen MR) is 101 cm³/mol. The third-order valence-electron chi connectivity index (χ3n) is 3.84. The van der Waals surface area contributed by atoms with Crippen LogP contribution in [0.15, 0.2) is 48.1 Å². The first-order chi connectivity index (χ1) is 11.7. The van der Waals surface area contributed by atoms with Crippen LogP contribution in [0.4, 0.5) is 11.4 Å². The first-order valence-corrected chi connectivity index (χ1v) is 8.84. The minimum atomic E-state index is -0.157. The van der Waals surface area contributed by atoms with E-state index in [9.17, 15) is 4.79 Å². The number of imidazole rings is 1. The van der Waals surface area contributed by atoms with E-state index < -0.39 is 0 Å². The quantitative estimate of drug-likeness (QED) is 0.693. The average Bonchev–Trinajstić information content (AvgIpc) is 3.19. The molecule has 24 heavy (non-hydrogen) atoms. The van der Waals surface area contributed by atoms with Crippen LogP contribution in [-0.2, 0) is 4.79 Å². The fourth-order valence-corrected chi connectivity index (χ4v) is 3.26. The Balaban J connectivity index is 1.64. The summed E-state index contributed by atoms with van der Waals surface area (Å²) in [7, 11) is 0. The van der Waals surface area contributed by atoms with E-state index in [0.717, 1.165) is 35.1 Å². The zero-order valence-corrected chi connectivity index (χ0v) is 14.6. The predicted octanol–water partition coefficient (Wildman–Crippen LogP) is 3.89. The second kappa shape index (κ2) is 7.31. The molecule has 0 saturated carbocycles. The molecule has 0 unspecified atom stereocenters. The van der Waals surface area contributed by atoms with Gasteiger partial charge in [-0.1, -0.05) is 0 Å². The number of fused-ring (bicyclic) bond motifs is 1. The summed E-state index contributed by atoms with van der Waals surface area (Å²) in [5.41, 5.74) is 2.83. The second-order valence-corrected chi connectivity index (χ2v) is 6.15. The van der Waals surface area contributed by atoms with Gasteiger partial charge in [0.15, 0.2) is 4.96 Å². The van der Waals surface area contributed by atoms with Crippen LogP contribution in [0.25, 0.3) is 11.0 Å². The third kappa shape index (κ3) is 3.49. The molecule has 3 rings (SSSR count). The molecular formula is C18H20N4OS. The summed E-state index contributed by atoms with van der Waals surface area (Å²) in [5, 5.41) is 4.85. The van der Waals surface area contributed by atoms with Gasteiger partial charge in [0.2, 0.25) is 5.91 Å². The maximum Gasteiger partial charge on any atom is 0.248 e. The van der Waals surface area contributed by atoms with Crippen molar-refractivity contribution in [1.29, 1.82) is 0 Å². The van der Waals surface area contributed by atoms with Crippen molar-refractivity contribution in [2.45, 2.75) is 13.8 Å². The van der Waals surface area contributed by atoms with Gasteiger partial charge in [0.25, 0.3) is 0 Å². The van der Waals surface area contributed by atoms with Gasteiger partial charge in [-0.2, -0.15) is 0 Å². The molecule has 0 spiro atoms. The monoisotopic (exact) mass is 340 g/mol. The van der Waals surface area contributed by atoms with E-state index in [0.29, 0.717) is 0 Å². The summed E-state index contributed by atoms with van der Waals surface area (Å²) in [4.78, 5) is 19.5. The first kappa shape index (κ1) is 16.3. The summed E-state index contributed by atoms with van der Waals surface area (Å²) in [6, 6.07) is 7.90. The molecule has 6 heteroatoms. The maximum atomic E-state index is 12.1. The van der Waals surface area contributed by atoms with E-state index >= 15 is 0 Å². The van der Waals surface area contributed by atoms with Crippen molar-refractivity contribution in [3.63, 3.8) is 0 Å². The van der Waals surface area contributed by atoms with Crippen molar-refractivity contribution in [2.24, 2.45) is 0 Å². The number of anilines is 2. The van der Waals surface area contributed by atoms with Gasteiger partial charge < -0.3 is 10.2 Å². The standard InChI is InChI=1S/C18H20N4OS/c1-3-21(4-2)15-7-5-14(6-8-15)20-17(23)10-9-16-13-19-18-22(16)11-12-24-18/h5-13H,3-4H2,1-2H3,(H,20,23)/b10-9+. The Hall–Kier alpha value is -2.60. The van der Waals surface area contributed by atoms with Gasteiger partial charge >= 0.3 is 0 Å². The molecule has 0 aliphatic carbocycles. The van der Waals surface area contributed by atoms with Crippen molar-refractivity contribution in [1.82, 2.24) is 9.38 Å². The van der Waals surface area contributed by atoms with Crippen molar-refractivity contribution < 1.29 is 4.79 Å². The van der Waals surface area contributed by atoms with Crippen molar-refractivity contribution in [3.05, 3.63) is 53.8 Å². The molecule has 1 amide bonds. The smallest absolute Gasteiger partial charge is 0.248 e. The highest BCUT2D eigenvalue weighted by molar-refractivity contribution is 7.15. The lowest BCUT2D eigenvalue weighted by Gasteiger charge is -2.21. The van der Waals surface area contributed by atoms with E-state index in [1.807, 2.05) is 40.2 Å². The van der Waals surface area contributed by atoms with Crippen LogP contribution < -0.4 is 10.2 Å². The summed E-state index contributed by atoms with van der Waals surface area (Å²) in [6.45, 7) is 6.19. The molecule has 0 atom stereocenters. The van der Waals surface area contributed by atoms with Gasteiger partial charge in [-0.3, -0.25) is 9.20 Å². The van der Waals surface area contributed by atoms with Gasteiger partial charge in [0.05, 0.1) is 11.9 Å². The normalized spacial score (nSPS) is 11.2. The lowest BCUT2D eigenvalue weighted by molar-refractivity contribution is -0.111. The number of rotatable bonds is 6. The number of hydrogen-bond donors (Lipinski definition) is 1. The van der Waals surface area contributed by atoms with Crippen LogP contribution in [0.2, 0.25) is 0 Å². The average molecular weight is 340 g/mol. The van der Waals surface area contributed by atoms with Crippen LogP contribution in [0.3, 0.4) is 0 Å². The molecule has 5 nitrogen and oxygen atoms in total. The summed E-state index contributed by atoms with van der Waals surface area (Å²) in [5.74, 6) is -0.157. The van der Waals surface area contributed by atoms with Crippen LogP contribution >= 0.6 is 11.3 Å². The Kier molecular flexibility index (Phi) is 4.96. The minimum Gasteiger partial charge on any atom is -0.372 e. The SMILES string of the molecule is CCN(CC)c1ccc(NC(=O)/C=C/c2cnc3sccn23)cc1. The highest BCUT2D eigenvalue weighted by Crippen LogP contribution is 2.18. The van der Waals surface area contributed by atoms with Gasteiger partial charge in [0.1, 0.15) is 0 Å². The van der Waals surface area contributed by atoms with Gasteiger partial charge in [-0.15, -0.1) is 11.3 Å². The van der Waals surface area contributed by atoms with Crippen molar-refractivity contribution in [3.8, 4) is 0 Å². The molecule has 0 fully saturated rings. The van der Waals surface area contributed by atoms with Crippen LogP contribution in [0.1, 0.15) is 19.5 Å². The zero-order valence-electron chi connectivity index (χ0n) is 13.8. The first-order valence-electron chi connectivity index (χ1n) is 7.96. The maximum absolute atomic E-state index is 12.1. The van der Waals surface area contributed by atoms with E-state index in [1.165, 1.54) is 6.08 Å². The van der Waals surface area contributed by atoms with Crippen LogP contribution in [-0.4, -0.2) is 28.4 Å². The van der Waals surface area contributed by atoms with E-state index in [1.54, 1.807) is 23.6 Å². The van der Waals surface area contributed by atoms with Crippen LogP contribution in [0, 0.1) is 0 Å². The van der Waals surface area contributed by atoms with E-state index in [4.69, 9.17) is 0 Å². The van der Waals surface area contributed by atoms with E-state index in [-0.39, 0.29) is 5.91 Å². The highest BCUT2D eigenvalue weighted by Gasteiger charge is 2.04. The molecule has 2 heterocycles. The molecule has 0 radical (unpaired) electrons. The summed E-state index contributed by atoms with van der Waals surface area (Å²) < 4.78 is 1.95. The molecule has 0 bridgehead atoms. The van der Waals surface area contributed by atoms with Gasteiger partial charge in [-0.25, -0.2) is 4.98 Å². The topological polar surface area (TPSA) is 49.6 Å². The fraction of sp³-hybridized carbons (Fsp3) is 0.222. The minimum absolute atomic E-state index is 0.157. The highest BCUT2D eigenvalue weighted by atomic mass is 32.1. The number of amides is 1. The van der Waals surface area contributed by atoms with Crippen molar-refractivity contribution in [2.75, 3.05) is 23.3 Å². The molecule has 0 aliphatic heterocycles. The van der Waals surface area contributed by atoms with Gasteiger partial charge in [-0.05, 0) is 44.2 Å². The fourth-order valence-electron chi connectivity index (χ4n) is 2.56. The molecule has 0 saturated heterocycles. The van der Waals surface area contributed by atoms with E-state index in [2.05, 4.69) is 29.0 Å². The summed E-state index contributed by atoms with van der Waals surface area (Å²) >= 11 is 1.57. The Morgan fingerprint density at radius 3 is 2.75 bits per heavy atom. The number of nitrogens with one attached hydrogen (secondary N) is 1. The molecule has 124 valence electrons. The number of benzene rings is 1. The lowest BCUT2D eigenvalue weighted by atomic mass is 10.2. The Morgan fingerprint density at radius 1 is 1.29 bits per heavy atom. The lowest BCUT2D eigenvalue weighted by Crippen LogP contribution is -2.21. The number of aromatic nitrogens is 2.